The Balaban J connectivity index is 2.32. The average molecular weight is 247 g/mol. The molecule has 86 valence electrons. The first-order valence-electron chi connectivity index (χ1n) is 5.24. The molecule has 2 heterocycles. The van der Waals surface area contributed by atoms with Crippen LogP contribution in [0.4, 0.5) is 4.39 Å². The Labute approximate surface area is 102 Å². The molecular weight excluding hydrogens is 237 g/mol. The summed E-state index contributed by atoms with van der Waals surface area (Å²) in [6.45, 7) is 3.85. The van der Waals surface area contributed by atoms with Crippen LogP contribution in [0.1, 0.15) is 10.7 Å². The summed E-state index contributed by atoms with van der Waals surface area (Å²) in [6, 6.07) is 6.51. The van der Waals surface area contributed by atoms with Crippen molar-refractivity contribution < 1.29 is 4.39 Å². The van der Waals surface area contributed by atoms with Crippen molar-refractivity contribution >= 4 is 16.3 Å². The zero-order valence-corrected chi connectivity index (χ0v) is 10.3. The van der Waals surface area contributed by atoms with Crippen LogP contribution in [0.2, 0.25) is 0 Å². The van der Waals surface area contributed by atoms with E-state index in [1.807, 2.05) is 19.9 Å². The van der Waals surface area contributed by atoms with Gasteiger partial charge in [0.15, 0.2) is 0 Å². The van der Waals surface area contributed by atoms with Gasteiger partial charge < -0.3 is 0 Å². The molecule has 0 aliphatic rings. The van der Waals surface area contributed by atoms with Gasteiger partial charge in [-0.2, -0.15) is 5.10 Å². The molecule has 0 spiro atoms. The molecule has 0 fully saturated rings. The number of hydrogen-bond acceptors (Lipinski definition) is 3. The lowest BCUT2D eigenvalue weighted by Gasteiger charge is -2.00. The Kier molecular flexibility index (Phi) is 2.22. The van der Waals surface area contributed by atoms with Crippen LogP contribution >= 0.6 is 11.3 Å². The van der Waals surface area contributed by atoms with E-state index in [0.717, 1.165) is 26.9 Å². The van der Waals surface area contributed by atoms with Crippen molar-refractivity contribution in [1.29, 1.82) is 0 Å². The van der Waals surface area contributed by atoms with Crippen LogP contribution in [0.25, 0.3) is 16.2 Å². The molecule has 0 N–H and O–H groups in total. The summed E-state index contributed by atoms with van der Waals surface area (Å²) in [4.78, 5) is 5.28. The highest BCUT2D eigenvalue weighted by atomic mass is 32.1. The Morgan fingerprint density at radius 2 is 2.12 bits per heavy atom. The van der Waals surface area contributed by atoms with Gasteiger partial charge in [0.05, 0.1) is 11.4 Å². The second kappa shape index (κ2) is 3.63. The van der Waals surface area contributed by atoms with E-state index in [2.05, 4.69) is 10.1 Å². The minimum atomic E-state index is -0.246. The van der Waals surface area contributed by atoms with E-state index >= 15 is 0 Å². The molecule has 0 amide bonds. The first-order chi connectivity index (χ1) is 8.15. The predicted octanol–water partition coefficient (Wildman–Crippen LogP) is 3.21. The summed E-state index contributed by atoms with van der Waals surface area (Å²) < 4.78 is 15.0. The molecule has 3 rings (SSSR count). The van der Waals surface area contributed by atoms with Crippen LogP contribution in [-0.4, -0.2) is 14.6 Å². The van der Waals surface area contributed by atoms with E-state index in [-0.39, 0.29) is 5.82 Å². The van der Waals surface area contributed by atoms with Crippen molar-refractivity contribution in [2.24, 2.45) is 0 Å². The number of halogens is 1. The molecule has 0 unspecified atom stereocenters. The minimum absolute atomic E-state index is 0.246. The molecular formula is C12H10FN3S. The van der Waals surface area contributed by atoms with E-state index in [9.17, 15) is 4.39 Å². The number of imidazole rings is 1. The van der Waals surface area contributed by atoms with Crippen LogP contribution in [0.15, 0.2) is 24.3 Å². The molecule has 0 aliphatic heterocycles. The molecule has 0 radical (unpaired) electrons. The van der Waals surface area contributed by atoms with Gasteiger partial charge in [-0.05, 0) is 26.0 Å². The predicted molar refractivity (Wildman–Crippen MR) is 65.7 cm³/mol. The second-order valence-electron chi connectivity index (χ2n) is 3.87. The van der Waals surface area contributed by atoms with Gasteiger partial charge >= 0.3 is 0 Å². The molecule has 5 heteroatoms. The summed E-state index contributed by atoms with van der Waals surface area (Å²) in [5.74, 6) is -0.246. The summed E-state index contributed by atoms with van der Waals surface area (Å²) in [7, 11) is 0. The Bertz CT molecular complexity index is 699. The average Bonchev–Trinajstić information content (AvgIpc) is 2.72. The Morgan fingerprint density at radius 3 is 2.88 bits per heavy atom. The summed E-state index contributed by atoms with van der Waals surface area (Å²) in [5.41, 5.74) is 2.54. The minimum Gasteiger partial charge on any atom is -0.222 e. The van der Waals surface area contributed by atoms with Crippen molar-refractivity contribution in [3.8, 4) is 11.3 Å². The zero-order chi connectivity index (χ0) is 12.0. The van der Waals surface area contributed by atoms with E-state index in [4.69, 9.17) is 0 Å². The van der Waals surface area contributed by atoms with Crippen LogP contribution < -0.4 is 0 Å². The molecule has 0 aliphatic carbocycles. The van der Waals surface area contributed by atoms with E-state index in [1.54, 1.807) is 10.6 Å². The maximum Gasteiger partial charge on any atom is 0.212 e. The van der Waals surface area contributed by atoms with Crippen molar-refractivity contribution in [1.82, 2.24) is 14.6 Å². The van der Waals surface area contributed by atoms with Gasteiger partial charge in [0.1, 0.15) is 10.8 Å². The van der Waals surface area contributed by atoms with Gasteiger partial charge in [-0.3, -0.25) is 0 Å². The molecule has 2 aromatic heterocycles. The fraction of sp³-hybridized carbons (Fsp3) is 0.167. The third-order valence-corrected chi connectivity index (χ3v) is 3.40. The highest BCUT2D eigenvalue weighted by molar-refractivity contribution is 7.16. The highest BCUT2D eigenvalue weighted by Gasteiger charge is 2.14. The second-order valence-corrected chi connectivity index (χ2v) is 5.03. The lowest BCUT2D eigenvalue weighted by atomic mass is 10.1. The molecule has 0 saturated heterocycles. The molecule has 3 aromatic rings. The van der Waals surface area contributed by atoms with E-state index in [1.165, 1.54) is 23.5 Å². The molecule has 0 saturated carbocycles. The number of benzene rings is 1. The molecule has 0 bridgehead atoms. The maximum atomic E-state index is 13.2. The smallest absolute Gasteiger partial charge is 0.212 e. The van der Waals surface area contributed by atoms with Gasteiger partial charge in [-0.25, -0.2) is 13.9 Å². The first kappa shape index (κ1) is 10.4. The SMILES string of the molecule is Cc1nn2c(-c3cccc(F)c3)c(C)nc2s1. The van der Waals surface area contributed by atoms with E-state index < -0.39 is 0 Å². The maximum absolute atomic E-state index is 13.2. The summed E-state index contributed by atoms with van der Waals surface area (Å²) in [6.07, 6.45) is 0. The zero-order valence-electron chi connectivity index (χ0n) is 9.44. The fourth-order valence-corrected chi connectivity index (χ4v) is 2.70. The molecule has 0 atom stereocenters. The van der Waals surface area contributed by atoms with Crippen LogP contribution in [0.3, 0.4) is 0 Å². The third-order valence-electron chi connectivity index (χ3n) is 2.58. The van der Waals surface area contributed by atoms with Crippen molar-refractivity contribution in [3.63, 3.8) is 0 Å². The fourth-order valence-electron chi connectivity index (χ4n) is 1.91. The first-order valence-corrected chi connectivity index (χ1v) is 6.05. The van der Waals surface area contributed by atoms with Gasteiger partial charge in [-0.1, -0.05) is 23.5 Å². The largest absolute Gasteiger partial charge is 0.222 e. The number of rotatable bonds is 1. The normalized spacial score (nSPS) is 11.2. The van der Waals surface area contributed by atoms with Crippen molar-refractivity contribution in [2.45, 2.75) is 13.8 Å². The number of fused-ring (bicyclic) bond motifs is 1. The Morgan fingerprint density at radius 1 is 1.29 bits per heavy atom. The number of hydrogen-bond donors (Lipinski definition) is 0. The third kappa shape index (κ3) is 1.63. The van der Waals surface area contributed by atoms with Crippen LogP contribution in [0.5, 0.6) is 0 Å². The molecule has 3 nitrogen and oxygen atoms in total. The van der Waals surface area contributed by atoms with Gasteiger partial charge in [0.2, 0.25) is 4.96 Å². The summed E-state index contributed by atoms with van der Waals surface area (Å²) >= 11 is 1.53. The van der Waals surface area contributed by atoms with Crippen molar-refractivity contribution in [2.75, 3.05) is 0 Å². The standard InChI is InChI=1S/C12H10FN3S/c1-7-11(9-4-3-5-10(13)6-9)16-12(14-7)17-8(2)15-16/h3-6H,1-2H3. The lowest BCUT2D eigenvalue weighted by Crippen LogP contribution is -1.91. The van der Waals surface area contributed by atoms with E-state index in [0.29, 0.717) is 0 Å². The number of nitrogens with zero attached hydrogens (tertiary/aromatic N) is 3. The monoisotopic (exact) mass is 247 g/mol. The van der Waals surface area contributed by atoms with Gasteiger partial charge in [0, 0.05) is 5.56 Å². The number of aryl methyl sites for hydroxylation is 2. The Hall–Kier alpha value is -1.75. The topological polar surface area (TPSA) is 30.2 Å². The van der Waals surface area contributed by atoms with Crippen molar-refractivity contribution in [3.05, 3.63) is 40.8 Å². The quantitative estimate of drug-likeness (QED) is 0.661. The molecule has 1 aromatic carbocycles. The number of aromatic nitrogens is 3. The van der Waals surface area contributed by atoms with Crippen LogP contribution in [0, 0.1) is 19.7 Å². The summed E-state index contributed by atoms with van der Waals surface area (Å²) in [5, 5.41) is 5.34. The van der Waals surface area contributed by atoms with Crippen LogP contribution in [-0.2, 0) is 0 Å². The highest BCUT2D eigenvalue weighted by Crippen LogP contribution is 2.27. The molecule has 17 heavy (non-hydrogen) atoms. The van der Waals surface area contributed by atoms with Gasteiger partial charge in [0.25, 0.3) is 0 Å². The van der Waals surface area contributed by atoms with Gasteiger partial charge in [-0.15, -0.1) is 0 Å². The lowest BCUT2D eigenvalue weighted by molar-refractivity contribution is 0.628.